The maximum Gasteiger partial charge on any atom is 0.410 e. The van der Waals surface area contributed by atoms with Gasteiger partial charge in [0.1, 0.15) is 5.00 Å². The molecule has 0 aliphatic carbocycles. The Labute approximate surface area is 154 Å². The summed E-state index contributed by atoms with van der Waals surface area (Å²) in [4.78, 5) is 25.4. The Morgan fingerprint density at radius 2 is 2.00 bits per heavy atom. The first-order valence-corrected chi connectivity index (χ1v) is 8.90. The summed E-state index contributed by atoms with van der Waals surface area (Å²) in [6, 6.07) is 8.99. The van der Waals surface area contributed by atoms with Crippen molar-refractivity contribution in [2.45, 2.75) is 6.54 Å². The van der Waals surface area contributed by atoms with Gasteiger partial charge in [-0.1, -0.05) is 18.2 Å². The van der Waals surface area contributed by atoms with E-state index >= 15 is 0 Å². The molecular formula is C17H20N4O4S. The highest BCUT2D eigenvalue weighted by Crippen LogP contribution is 2.40. The number of nitrogens with two attached hydrogens (primary N) is 2. The number of hydrogen-bond donors (Lipinski definition) is 3. The van der Waals surface area contributed by atoms with Crippen LogP contribution in [0.3, 0.4) is 0 Å². The number of nitrogens with zero attached hydrogens (tertiary/aromatic N) is 1. The fraction of sp³-hybridized carbons (Fsp3) is 0.294. The van der Waals surface area contributed by atoms with E-state index in [1.165, 1.54) is 16.9 Å². The first-order valence-electron chi connectivity index (χ1n) is 8.08. The zero-order valence-corrected chi connectivity index (χ0v) is 14.9. The number of primary amides is 2. The van der Waals surface area contributed by atoms with Crippen LogP contribution in [-0.4, -0.2) is 43.3 Å². The first-order chi connectivity index (χ1) is 12.5. The Bertz CT molecular complexity index is 768. The van der Waals surface area contributed by atoms with E-state index in [2.05, 4.69) is 22.3 Å². The monoisotopic (exact) mass is 376 g/mol. The van der Waals surface area contributed by atoms with Gasteiger partial charge < -0.3 is 20.9 Å². The summed E-state index contributed by atoms with van der Waals surface area (Å²) in [5.74, 6) is 0.176. The van der Waals surface area contributed by atoms with Crippen molar-refractivity contribution in [2.24, 2.45) is 11.5 Å². The lowest BCUT2D eigenvalue weighted by atomic mass is 10.1. The minimum atomic E-state index is -0.956. The molecule has 1 fully saturated rings. The largest absolute Gasteiger partial charge is 0.410 e. The Kier molecular flexibility index (Phi) is 5.71. The summed E-state index contributed by atoms with van der Waals surface area (Å²) in [7, 11) is 0. The predicted octanol–water partition coefficient (Wildman–Crippen LogP) is 2.20. The van der Waals surface area contributed by atoms with Gasteiger partial charge in [0.25, 0.3) is 0 Å². The molecule has 0 radical (unpaired) electrons. The molecule has 3 amide bonds. The van der Waals surface area contributed by atoms with Gasteiger partial charge in [-0.3, -0.25) is 10.2 Å². The van der Waals surface area contributed by atoms with Crippen LogP contribution >= 0.6 is 11.3 Å². The molecule has 1 aliphatic rings. The highest BCUT2D eigenvalue weighted by Gasteiger charge is 2.16. The molecule has 3 rings (SSSR count). The number of ether oxygens (including phenoxy) is 2. The number of rotatable bonds is 5. The Hall–Kier alpha value is -2.62. The van der Waals surface area contributed by atoms with Crippen LogP contribution in [0.2, 0.25) is 0 Å². The summed E-state index contributed by atoms with van der Waals surface area (Å²) in [5.41, 5.74) is 12.4. The molecule has 0 atom stereocenters. The summed E-state index contributed by atoms with van der Waals surface area (Å²) in [6.45, 7) is 4.15. The van der Waals surface area contributed by atoms with Crippen LogP contribution in [-0.2, 0) is 11.3 Å². The number of carbonyl (C=O) groups excluding carboxylic acids is 2. The predicted molar refractivity (Wildman–Crippen MR) is 99.3 cm³/mol. The second-order valence-corrected chi connectivity index (χ2v) is 6.86. The number of amides is 3. The third-order valence-corrected chi connectivity index (χ3v) is 4.95. The molecular weight excluding hydrogens is 356 g/mol. The summed E-state index contributed by atoms with van der Waals surface area (Å²) in [6.07, 6.45) is -0.956. The van der Waals surface area contributed by atoms with Gasteiger partial charge in [0.05, 0.1) is 13.2 Å². The fourth-order valence-corrected chi connectivity index (χ4v) is 3.72. The van der Waals surface area contributed by atoms with Gasteiger partial charge in [0.15, 0.2) is 5.75 Å². The molecule has 1 saturated heterocycles. The number of nitrogens with one attached hydrogen (secondary N) is 1. The van der Waals surface area contributed by atoms with E-state index in [1.54, 1.807) is 6.07 Å². The molecule has 2 aromatic rings. The average molecular weight is 376 g/mol. The molecule has 5 N–H and O–H groups in total. The summed E-state index contributed by atoms with van der Waals surface area (Å²) >= 11 is 1.26. The third kappa shape index (κ3) is 4.72. The standard InChI is InChI=1S/C17H20N4O4S/c18-16(22)20-15-13(25-17(19)23)9-14(26-15)12-3-1-2-11(8-12)10-21-4-6-24-7-5-21/h1-3,8-9H,4-7,10H2,(H2,19,23)(H3,18,20,22). The van der Waals surface area contributed by atoms with E-state index in [4.69, 9.17) is 20.9 Å². The van der Waals surface area contributed by atoms with E-state index < -0.39 is 12.1 Å². The zero-order valence-electron chi connectivity index (χ0n) is 14.1. The highest BCUT2D eigenvalue weighted by atomic mass is 32.1. The minimum Gasteiger partial charge on any atom is -0.407 e. The van der Waals surface area contributed by atoms with Crippen LogP contribution in [0.4, 0.5) is 14.6 Å². The number of hydrogen-bond acceptors (Lipinski definition) is 6. The molecule has 1 aliphatic heterocycles. The van der Waals surface area contributed by atoms with Crippen LogP contribution < -0.4 is 21.5 Å². The maximum absolute atomic E-state index is 11.2. The SMILES string of the molecule is NC(=O)Nc1sc(-c2cccc(CN3CCOCC3)c2)cc1OC(N)=O. The lowest BCUT2D eigenvalue weighted by molar-refractivity contribution is 0.0342. The third-order valence-electron chi connectivity index (χ3n) is 3.87. The number of benzene rings is 1. The molecule has 2 heterocycles. The van der Waals surface area contributed by atoms with Gasteiger partial charge >= 0.3 is 12.1 Å². The number of morpholine rings is 1. The van der Waals surface area contributed by atoms with Crippen LogP contribution in [0.1, 0.15) is 5.56 Å². The second-order valence-electron chi connectivity index (χ2n) is 5.80. The molecule has 0 bridgehead atoms. The topological polar surface area (TPSA) is 120 Å². The van der Waals surface area contributed by atoms with Crippen molar-refractivity contribution in [2.75, 3.05) is 31.6 Å². The average Bonchev–Trinajstić information content (AvgIpc) is 2.97. The van der Waals surface area contributed by atoms with Gasteiger partial charge in [0, 0.05) is 30.6 Å². The Balaban J connectivity index is 1.83. The minimum absolute atomic E-state index is 0.176. The molecule has 1 aromatic carbocycles. The van der Waals surface area contributed by atoms with E-state index in [9.17, 15) is 9.59 Å². The van der Waals surface area contributed by atoms with E-state index in [0.717, 1.165) is 43.3 Å². The molecule has 26 heavy (non-hydrogen) atoms. The Morgan fingerprint density at radius 1 is 1.23 bits per heavy atom. The molecule has 1 aromatic heterocycles. The van der Waals surface area contributed by atoms with Crippen molar-refractivity contribution in [1.29, 1.82) is 0 Å². The van der Waals surface area contributed by atoms with E-state index in [1.807, 2.05) is 12.1 Å². The van der Waals surface area contributed by atoms with Crippen molar-refractivity contribution in [3.63, 3.8) is 0 Å². The fourth-order valence-electron chi connectivity index (χ4n) is 2.74. The van der Waals surface area contributed by atoms with E-state index in [0.29, 0.717) is 5.00 Å². The van der Waals surface area contributed by atoms with Crippen molar-refractivity contribution >= 4 is 28.5 Å². The molecule has 8 nitrogen and oxygen atoms in total. The second kappa shape index (κ2) is 8.17. The number of carbonyl (C=O) groups is 2. The molecule has 9 heteroatoms. The van der Waals surface area contributed by atoms with Crippen LogP contribution in [0, 0.1) is 0 Å². The van der Waals surface area contributed by atoms with Crippen LogP contribution in [0.15, 0.2) is 30.3 Å². The van der Waals surface area contributed by atoms with Crippen molar-refractivity contribution in [3.05, 3.63) is 35.9 Å². The summed E-state index contributed by atoms with van der Waals surface area (Å²) in [5, 5.41) is 2.79. The molecule has 138 valence electrons. The highest BCUT2D eigenvalue weighted by molar-refractivity contribution is 7.20. The van der Waals surface area contributed by atoms with Crippen LogP contribution in [0.25, 0.3) is 10.4 Å². The molecule has 0 unspecified atom stereocenters. The Morgan fingerprint density at radius 3 is 2.69 bits per heavy atom. The van der Waals surface area contributed by atoms with Crippen molar-refractivity contribution in [3.8, 4) is 16.2 Å². The molecule has 0 saturated carbocycles. The van der Waals surface area contributed by atoms with Crippen LogP contribution in [0.5, 0.6) is 5.75 Å². The number of thiophene rings is 1. The normalized spacial score (nSPS) is 14.8. The van der Waals surface area contributed by atoms with Gasteiger partial charge in [-0.05, 0) is 17.2 Å². The van der Waals surface area contributed by atoms with Gasteiger partial charge in [-0.15, -0.1) is 11.3 Å². The summed E-state index contributed by atoms with van der Waals surface area (Å²) < 4.78 is 10.3. The van der Waals surface area contributed by atoms with Gasteiger partial charge in [-0.2, -0.15) is 0 Å². The lowest BCUT2D eigenvalue weighted by Crippen LogP contribution is -2.35. The van der Waals surface area contributed by atoms with Gasteiger partial charge in [-0.25, -0.2) is 9.59 Å². The van der Waals surface area contributed by atoms with Crippen molar-refractivity contribution in [1.82, 2.24) is 4.90 Å². The number of anilines is 1. The quantitative estimate of drug-likeness (QED) is 0.739. The first kappa shape index (κ1) is 18.2. The van der Waals surface area contributed by atoms with Gasteiger partial charge in [0.2, 0.25) is 0 Å². The zero-order chi connectivity index (χ0) is 18.5. The lowest BCUT2D eigenvalue weighted by Gasteiger charge is -2.26. The van der Waals surface area contributed by atoms with Crippen molar-refractivity contribution < 1.29 is 19.1 Å². The smallest absolute Gasteiger partial charge is 0.407 e. The maximum atomic E-state index is 11.2. The number of urea groups is 1. The molecule has 0 spiro atoms. The van der Waals surface area contributed by atoms with E-state index in [-0.39, 0.29) is 5.75 Å².